The molecule has 0 unspecified atom stereocenters. The second kappa shape index (κ2) is 7.81. The van der Waals surface area contributed by atoms with E-state index in [1.54, 1.807) is 0 Å². The van der Waals surface area contributed by atoms with Crippen LogP contribution in [-0.2, 0) is 4.79 Å². The van der Waals surface area contributed by atoms with Crippen LogP contribution in [0.15, 0.2) is 36.4 Å². The van der Waals surface area contributed by atoms with Crippen LogP contribution in [0, 0.1) is 17.0 Å². The number of anilines is 1. The van der Waals surface area contributed by atoms with Crippen LogP contribution in [-0.4, -0.2) is 35.6 Å². The number of hydrogen-bond acceptors (Lipinski definition) is 6. The van der Waals surface area contributed by atoms with Gasteiger partial charge in [-0.1, -0.05) is 17.7 Å². The number of nitrogens with zero attached hydrogens (tertiary/aromatic N) is 3. The van der Waals surface area contributed by atoms with Crippen molar-refractivity contribution in [1.82, 2.24) is 4.98 Å². The molecule has 26 heavy (non-hydrogen) atoms. The average molecular weight is 357 g/mol. The van der Waals surface area contributed by atoms with Crippen molar-refractivity contribution in [2.75, 3.05) is 24.7 Å². The topological polar surface area (TPSA) is 94.8 Å². The largest absolute Gasteiger partial charge is 0.494 e. The lowest BCUT2D eigenvalue weighted by Gasteiger charge is -2.25. The molecule has 1 aromatic carbocycles. The standard InChI is InChI=1S/C18H19N3O5/c1-13-4-6-14(7-5-13)25-11-3-2-10-20-17(22)12-26-15-8-9-16(21(23)24)19-18(15)20/h4-9H,2-3,10-12H2,1H3. The fourth-order valence-electron chi connectivity index (χ4n) is 2.60. The summed E-state index contributed by atoms with van der Waals surface area (Å²) < 4.78 is 11.0. The van der Waals surface area contributed by atoms with Gasteiger partial charge in [-0.15, -0.1) is 0 Å². The number of pyridine rings is 1. The minimum absolute atomic E-state index is 0.0909. The van der Waals surface area contributed by atoms with Gasteiger partial charge in [0, 0.05) is 12.6 Å². The highest BCUT2D eigenvalue weighted by molar-refractivity contribution is 5.96. The number of rotatable bonds is 7. The van der Waals surface area contributed by atoms with E-state index in [1.807, 2.05) is 31.2 Å². The molecule has 0 saturated heterocycles. The molecule has 0 N–H and O–H groups in total. The average Bonchev–Trinajstić information content (AvgIpc) is 2.64. The molecule has 8 nitrogen and oxygen atoms in total. The molecule has 0 saturated carbocycles. The minimum Gasteiger partial charge on any atom is -0.494 e. The zero-order valence-corrected chi connectivity index (χ0v) is 14.4. The molecule has 0 radical (unpaired) electrons. The summed E-state index contributed by atoms with van der Waals surface area (Å²) in [4.78, 5) is 27.8. The monoisotopic (exact) mass is 357 g/mol. The lowest BCUT2D eigenvalue weighted by molar-refractivity contribution is -0.389. The maximum Gasteiger partial charge on any atom is 0.366 e. The zero-order chi connectivity index (χ0) is 18.5. The van der Waals surface area contributed by atoms with Gasteiger partial charge in [0.25, 0.3) is 11.7 Å². The summed E-state index contributed by atoms with van der Waals surface area (Å²) in [7, 11) is 0. The van der Waals surface area contributed by atoms with E-state index < -0.39 is 4.92 Å². The van der Waals surface area contributed by atoms with Crippen LogP contribution in [0.2, 0.25) is 0 Å². The molecule has 0 spiro atoms. The number of hydrogen-bond donors (Lipinski definition) is 0. The molecular weight excluding hydrogens is 338 g/mol. The third-order valence-corrected chi connectivity index (χ3v) is 3.99. The Hall–Kier alpha value is -3.16. The van der Waals surface area contributed by atoms with E-state index in [4.69, 9.17) is 9.47 Å². The summed E-state index contributed by atoms with van der Waals surface area (Å²) in [5, 5.41) is 10.9. The second-order valence-corrected chi connectivity index (χ2v) is 5.95. The van der Waals surface area contributed by atoms with Crippen molar-refractivity contribution >= 4 is 17.5 Å². The summed E-state index contributed by atoms with van der Waals surface area (Å²) in [6.07, 6.45) is 1.42. The quantitative estimate of drug-likeness (QED) is 0.430. The second-order valence-electron chi connectivity index (χ2n) is 5.95. The maximum atomic E-state index is 12.1. The highest BCUT2D eigenvalue weighted by atomic mass is 16.6. The molecule has 2 aromatic rings. The Morgan fingerprint density at radius 3 is 2.73 bits per heavy atom. The molecule has 0 aliphatic carbocycles. The predicted octanol–water partition coefficient (Wildman–Crippen LogP) is 2.88. The fourth-order valence-corrected chi connectivity index (χ4v) is 2.60. The molecule has 2 heterocycles. The van der Waals surface area contributed by atoms with Crippen LogP contribution < -0.4 is 14.4 Å². The van der Waals surface area contributed by atoms with Gasteiger partial charge in [0.2, 0.25) is 0 Å². The summed E-state index contributed by atoms with van der Waals surface area (Å²) in [6, 6.07) is 10.5. The van der Waals surface area contributed by atoms with E-state index in [0.29, 0.717) is 25.3 Å². The fraction of sp³-hybridized carbons (Fsp3) is 0.333. The Labute approximate surface area is 150 Å². The van der Waals surface area contributed by atoms with Crippen molar-refractivity contribution in [2.45, 2.75) is 19.8 Å². The number of unbranched alkanes of at least 4 members (excludes halogenated alkanes) is 1. The van der Waals surface area contributed by atoms with E-state index in [9.17, 15) is 14.9 Å². The Morgan fingerprint density at radius 2 is 2.00 bits per heavy atom. The lowest BCUT2D eigenvalue weighted by Crippen LogP contribution is -2.40. The molecule has 0 bridgehead atoms. The van der Waals surface area contributed by atoms with Crippen LogP contribution in [0.5, 0.6) is 11.5 Å². The van der Waals surface area contributed by atoms with Crippen LogP contribution in [0.3, 0.4) is 0 Å². The number of fused-ring (bicyclic) bond motifs is 1. The van der Waals surface area contributed by atoms with E-state index in [1.165, 1.54) is 22.6 Å². The first kappa shape index (κ1) is 17.7. The third-order valence-electron chi connectivity index (χ3n) is 3.99. The van der Waals surface area contributed by atoms with Crippen LogP contribution in [0.4, 0.5) is 11.6 Å². The first-order chi connectivity index (χ1) is 12.5. The van der Waals surface area contributed by atoms with Crippen molar-refractivity contribution in [3.63, 3.8) is 0 Å². The van der Waals surface area contributed by atoms with E-state index >= 15 is 0 Å². The van der Waals surface area contributed by atoms with Crippen molar-refractivity contribution in [1.29, 1.82) is 0 Å². The Morgan fingerprint density at radius 1 is 1.23 bits per heavy atom. The molecule has 136 valence electrons. The lowest BCUT2D eigenvalue weighted by atomic mass is 10.2. The first-order valence-electron chi connectivity index (χ1n) is 8.32. The van der Waals surface area contributed by atoms with Crippen molar-refractivity contribution in [3.05, 3.63) is 52.1 Å². The van der Waals surface area contributed by atoms with Crippen LogP contribution in [0.1, 0.15) is 18.4 Å². The van der Waals surface area contributed by atoms with Gasteiger partial charge in [-0.25, -0.2) is 0 Å². The maximum absolute atomic E-state index is 12.1. The number of aromatic nitrogens is 1. The van der Waals surface area contributed by atoms with Gasteiger partial charge >= 0.3 is 5.82 Å². The summed E-state index contributed by atoms with van der Waals surface area (Å²) >= 11 is 0. The van der Waals surface area contributed by atoms with Crippen LogP contribution in [0.25, 0.3) is 0 Å². The summed E-state index contributed by atoms with van der Waals surface area (Å²) in [6.45, 7) is 2.85. The number of ether oxygens (including phenoxy) is 2. The summed E-state index contributed by atoms with van der Waals surface area (Å²) in [5.74, 6) is 0.821. The van der Waals surface area contributed by atoms with E-state index in [0.717, 1.165) is 12.2 Å². The van der Waals surface area contributed by atoms with Crippen molar-refractivity contribution in [2.24, 2.45) is 0 Å². The van der Waals surface area contributed by atoms with E-state index in [2.05, 4.69) is 4.98 Å². The smallest absolute Gasteiger partial charge is 0.366 e. The highest BCUT2D eigenvalue weighted by Gasteiger charge is 2.31. The first-order valence-corrected chi connectivity index (χ1v) is 8.32. The van der Waals surface area contributed by atoms with Gasteiger partial charge in [-0.2, -0.15) is 0 Å². The number of carbonyl (C=O) groups excluding carboxylic acids is 1. The summed E-state index contributed by atoms with van der Waals surface area (Å²) in [5.41, 5.74) is 1.17. The Kier molecular flexibility index (Phi) is 5.31. The number of aryl methyl sites for hydroxylation is 1. The minimum atomic E-state index is -0.590. The van der Waals surface area contributed by atoms with Gasteiger partial charge in [-0.3, -0.25) is 9.69 Å². The SMILES string of the molecule is Cc1ccc(OCCCCN2C(=O)COc3ccc([N+](=O)[O-])nc32)cc1. The third kappa shape index (κ3) is 4.08. The van der Waals surface area contributed by atoms with Gasteiger partial charge < -0.3 is 19.6 Å². The van der Waals surface area contributed by atoms with Crippen molar-refractivity contribution < 1.29 is 19.2 Å². The number of carbonyl (C=O) groups is 1. The molecule has 3 rings (SSSR count). The van der Waals surface area contributed by atoms with Crippen molar-refractivity contribution in [3.8, 4) is 11.5 Å². The molecule has 0 atom stereocenters. The molecule has 8 heteroatoms. The molecule has 1 amide bonds. The van der Waals surface area contributed by atoms with Gasteiger partial charge in [0.05, 0.1) is 6.61 Å². The Balaban J connectivity index is 1.56. The number of nitro groups is 1. The molecule has 0 fully saturated rings. The number of amides is 1. The van der Waals surface area contributed by atoms with Gasteiger partial charge in [0.15, 0.2) is 12.4 Å². The highest BCUT2D eigenvalue weighted by Crippen LogP contribution is 2.32. The predicted molar refractivity (Wildman–Crippen MR) is 94.6 cm³/mol. The van der Waals surface area contributed by atoms with Crippen LogP contribution >= 0.6 is 0 Å². The molecule has 1 aliphatic rings. The zero-order valence-electron chi connectivity index (χ0n) is 14.4. The Bertz CT molecular complexity index is 807. The molecular formula is C18H19N3O5. The van der Waals surface area contributed by atoms with Gasteiger partial charge in [0.1, 0.15) is 5.75 Å². The van der Waals surface area contributed by atoms with E-state index in [-0.39, 0.29) is 24.1 Å². The molecule has 1 aliphatic heterocycles. The normalized spacial score (nSPS) is 13.1. The van der Waals surface area contributed by atoms with Gasteiger partial charge in [-0.05, 0) is 47.9 Å². The molecule has 1 aromatic heterocycles. The number of benzene rings is 1.